The minimum Gasteiger partial charge on any atom is -0.462 e. The molecule has 10 heteroatoms. The highest BCUT2D eigenvalue weighted by Gasteiger charge is 2.28. The Labute approximate surface area is 225 Å². The topological polar surface area (TPSA) is 123 Å². The van der Waals surface area contributed by atoms with Crippen LogP contribution in [0.2, 0.25) is 0 Å². The number of carbonyl (C=O) groups is 1. The van der Waals surface area contributed by atoms with E-state index in [0.29, 0.717) is 18.0 Å². The Hall–Kier alpha value is -4.73. The molecule has 1 fully saturated rings. The lowest BCUT2D eigenvalue weighted by Crippen LogP contribution is -2.22. The van der Waals surface area contributed by atoms with Crippen molar-refractivity contribution >= 4 is 22.8 Å². The Morgan fingerprint density at radius 2 is 1.69 bits per heavy atom. The number of benzene rings is 2. The van der Waals surface area contributed by atoms with E-state index in [2.05, 4.69) is 15.1 Å². The van der Waals surface area contributed by atoms with E-state index in [4.69, 9.17) is 20.3 Å². The zero-order valence-corrected chi connectivity index (χ0v) is 21.6. The van der Waals surface area contributed by atoms with Crippen molar-refractivity contribution in [1.82, 2.24) is 29.5 Å². The molecule has 5 aromatic rings. The van der Waals surface area contributed by atoms with E-state index >= 15 is 0 Å². The highest BCUT2D eigenvalue weighted by atomic mass is 16.5. The number of nitrogens with zero attached hydrogens (tertiary/aromatic N) is 6. The molecule has 0 atom stereocenters. The molecule has 198 valence electrons. The molecule has 0 bridgehead atoms. The Kier molecular flexibility index (Phi) is 6.66. The fourth-order valence-corrected chi connectivity index (χ4v) is 5.18. The van der Waals surface area contributed by atoms with Crippen LogP contribution in [0.15, 0.2) is 73.3 Å². The van der Waals surface area contributed by atoms with E-state index < -0.39 is 0 Å². The van der Waals surface area contributed by atoms with E-state index in [9.17, 15) is 4.79 Å². The first-order valence-corrected chi connectivity index (χ1v) is 13.1. The third kappa shape index (κ3) is 4.93. The van der Waals surface area contributed by atoms with Crippen LogP contribution in [0.25, 0.3) is 22.3 Å². The molecule has 1 aliphatic carbocycles. The van der Waals surface area contributed by atoms with Gasteiger partial charge in [0.1, 0.15) is 29.3 Å². The molecule has 1 aliphatic rings. The summed E-state index contributed by atoms with van der Waals surface area (Å²) in [5.74, 6) is 1.58. The molecule has 0 saturated heterocycles. The molecule has 0 spiro atoms. The quantitative estimate of drug-likeness (QED) is 0.274. The molecule has 0 unspecified atom stereocenters. The number of anilines is 1. The van der Waals surface area contributed by atoms with Crippen molar-refractivity contribution in [3.63, 3.8) is 0 Å². The van der Waals surface area contributed by atoms with E-state index in [1.807, 2.05) is 64.0 Å². The molecule has 6 rings (SSSR count). The number of hydrogen-bond donors (Lipinski definition) is 1. The Morgan fingerprint density at radius 3 is 2.44 bits per heavy atom. The maximum Gasteiger partial charge on any atom is 0.341 e. The molecule has 10 nitrogen and oxygen atoms in total. The van der Waals surface area contributed by atoms with Crippen molar-refractivity contribution in [2.45, 2.75) is 44.7 Å². The van der Waals surface area contributed by atoms with Gasteiger partial charge in [0.05, 0.1) is 35.8 Å². The summed E-state index contributed by atoms with van der Waals surface area (Å²) in [7, 11) is 0. The largest absolute Gasteiger partial charge is 0.462 e. The first-order valence-electron chi connectivity index (χ1n) is 13.1. The molecule has 3 aromatic heterocycles. The lowest BCUT2D eigenvalue weighted by Gasteiger charge is -2.29. The molecular formula is C29H29N7O3. The second-order valence-corrected chi connectivity index (χ2v) is 9.58. The van der Waals surface area contributed by atoms with Crippen molar-refractivity contribution < 1.29 is 14.3 Å². The van der Waals surface area contributed by atoms with Gasteiger partial charge < -0.3 is 15.2 Å². The van der Waals surface area contributed by atoms with Gasteiger partial charge in [-0.3, -0.25) is 4.68 Å². The molecule has 0 amide bonds. The maximum atomic E-state index is 12.0. The Bertz CT molecular complexity index is 1590. The van der Waals surface area contributed by atoms with Gasteiger partial charge in [-0.2, -0.15) is 10.2 Å². The number of nitrogen functional groups attached to an aromatic ring is 1. The Morgan fingerprint density at radius 1 is 0.974 bits per heavy atom. The number of para-hydroxylation sites is 1. The fourth-order valence-electron chi connectivity index (χ4n) is 5.18. The van der Waals surface area contributed by atoms with Crippen LogP contribution < -0.4 is 10.5 Å². The van der Waals surface area contributed by atoms with Crippen LogP contribution in [0.1, 0.15) is 55.0 Å². The van der Waals surface area contributed by atoms with Crippen LogP contribution in [-0.2, 0) is 4.74 Å². The zero-order chi connectivity index (χ0) is 26.8. The summed E-state index contributed by atoms with van der Waals surface area (Å²) >= 11 is 0. The average molecular weight is 524 g/mol. The van der Waals surface area contributed by atoms with Gasteiger partial charge in [0.2, 0.25) is 0 Å². The summed E-state index contributed by atoms with van der Waals surface area (Å²) in [6.45, 7) is 2.14. The number of ether oxygens (including phenoxy) is 2. The van der Waals surface area contributed by atoms with Crippen LogP contribution in [0, 0.1) is 0 Å². The SMILES string of the molecule is CCOC(=O)c1cnn([C@H]2CC[C@@H](n3nc(-c4ccc(Oc5ccccc5)cc4)c4c(N)ncnc43)CC2)c1. The third-order valence-corrected chi connectivity index (χ3v) is 7.12. The smallest absolute Gasteiger partial charge is 0.341 e. The molecule has 39 heavy (non-hydrogen) atoms. The minimum atomic E-state index is -0.343. The molecule has 2 N–H and O–H groups in total. The summed E-state index contributed by atoms with van der Waals surface area (Å²) in [5.41, 5.74) is 9.22. The number of carbonyl (C=O) groups excluding carboxylic acids is 1. The summed E-state index contributed by atoms with van der Waals surface area (Å²) in [6, 6.07) is 17.8. The van der Waals surface area contributed by atoms with Crippen LogP contribution in [0.3, 0.4) is 0 Å². The lowest BCUT2D eigenvalue weighted by molar-refractivity contribution is 0.0526. The van der Waals surface area contributed by atoms with Crippen molar-refractivity contribution in [2.75, 3.05) is 12.3 Å². The van der Waals surface area contributed by atoms with E-state index in [1.54, 1.807) is 19.3 Å². The molecule has 0 radical (unpaired) electrons. The van der Waals surface area contributed by atoms with Crippen molar-refractivity contribution in [3.05, 3.63) is 78.9 Å². The highest BCUT2D eigenvalue weighted by molar-refractivity contribution is 5.98. The van der Waals surface area contributed by atoms with E-state index in [-0.39, 0.29) is 18.1 Å². The molecular weight excluding hydrogens is 494 g/mol. The van der Waals surface area contributed by atoms with Gasteiger partial charge in [0.15, 0.2) is 5.65 Å². The first-order chi connectivity index (χ1) is 19.1. The third-order valence-electron chi connectivity index (χ3n) is 7.12. The van der Waals surface area contributed by atoms with Gasteiger partial charge in [-0.05, 0) is 69.0 Å². The summed E-state index contributed by atoms with van der Waals surface area (Å²) in [6.07, 6.45) is 8.43. The predicted octanol–water partition coefficient (Wildman–Crippen LogP) is 5.60. The number of hydrogen-bond acceptors (Lipinski definition) is 8. The Balaban J connectivity index is 1.23. The number of fused-ring (bicyclic) bond motifs is 1. The van der Waals surface area contributed by atoms with Crippen molar-refractivity contribution in [1.29, 1.82) is 0 Å². The van der Waals surface area contributed by atoms with Crippen LogP contribution >= 0.6 is 0 Å². The van der Waals surface area contributed by atoms with Crippen LogP contribution in [0.4, 0.5) is 5.82 Å². The normalized spacial score (nSPS) is 17.3. The van der Waals surface area contributed by atoms with Crippen molar-refractivity contribution in [3.8, 4) is 22.8 Å². The van der Waals surface area contributed by atoms with Gasteiger partial charge in [-0.1, -0.05) is 18.2 Å². The first kappa shape index (κ1) is 24.6. The molecule has 0 aliphatic heterocycles. The van der Waals surface area contributed by atoms with Gasteiger partial charge in [0, 0.05) is 11.8 Å². The van der Waals surface area contributed by atoms with Gasteiger partial charge >= 0.3 is 5.97 Å². The summed E-state index contributed by atoms with van der Waals surface area (Å²) < 4.78 is 14.9. The van der Waals surface area contributed by atoms with E-state index in [1.165, 1.54) is 6.33 Å². The summed E-state index contributed by atoms with van der Waals surface area (Å²) in [4.78, 5) is 20.8. The highest BCUT2D eigenvalue weighted by Crippen LogP contribution is 2.39. The summed E-state index contributed by atoms with van der Waals surface area (Å²) in [5, 5.41) is 10.2. The molecule has 2 aromatic carbocycles. The molecule has 1 saturated carbocycles. The van der Waals surface area contributed by atoms with E-state index in [0.717, 1.165) is 59.5 Å². The molecule has 3 heterocycles. The average Bonchev–Trinajstić information content (AvgIpc) is 3.61. The van der Waals surface area contributed by atoms with Gasteiger partial charge in [0.25, 0.3) is 0 Å². The standard InChI is InChI=1S/C29H29N7O3/c1-2-38-29(37)20-16-33-35(17-20)21-10-12-22(13-11-21)36-28-25(27(30)31-18-32-28)26(34-36)19-8-14-24(15-9-19)39-23-6-4-3-5-7-23/h3-9,14-18,21-22H,2,10-13H2,1H3,(H2,30,31,32)/t21-,22+. The van der Waals surface area contributed by atoms with Crippen LogP contribution in [-0.4, -0.2) is 42.1 Å². The maximum absolute atomic E-state index is 12.0. The van der Waals surface area contributed by atoms with Gasteiger partial charge in [-0.15, -0.1) is 0 Å². The predicted molar refractivity (Wildman–Crippen MR) is 146 cm³/mol. The minimum absolute atomic E-state index is 0.160. The number of rotatable bonds is 7. The van der Waals surface area contributed by atoms with Gasteiger partial charge in [-0.25, -0.2) is 19.4 Å². The number of aromatic nitrogens is 6. The van der Waals surface area contributed by atoms with Crippen LogP contribution in [0.5, 0.6) is 11.5 Å². The van der Waals surface area contributed by atoms with Crippen molar-refractivity contribution in [2.24, 2.45) is 0 Å². The second kappa shape index (κ2) is 10.6. The monoisotopic (exact) mass is 523 g/mol. The zero-order valence-electron chi connectivity index (χ0n) is 21.6. The number of nitrogens with two attached hydrogens (primary N) is 1. The second-order valence-electron chi connectivity index (χ2n) is 9.58. The fraction of sp³-hybridized carbons (Fsp3) is 0.276. The number of esters is 1. The lowest BCUT2D eigenvalue weighted by atomic mass is 9.91.